The summed E-state index contributed by atoms with van der Waals surface area (Å²) in [5.41, 5.74) is 23.3. The van der Waals surface area contributed by atoms with Gasteiger partial charge in [0, 0.05) is 49.4 Å². The van der Waals surface area contributed by atoms with E-state index in [9.17, 15) is 10.5 Å². The predicted molar refractivity (Wildman–Crippen MR) is 399 cm³/mol. The number of hydrogen-bond acceptors (Lipinski definition) is 5. The molecular formula is C90H54N8. The summed E-state index contributed by atoms with van der Waals surface area (Å²) in [6.07, 6.45) is 0. The molecule has 14 aromatic carbocycles. The Balaban J connectivity index is 0.918. The number of nitrogens with zero attached hydrogens (tertiary/aromatic N) is 8. The summed E-state index contributed by atoms with van der Waals surface area (Å²) in [4.78, 5) is 20.5. The highest BCUT2D eigenvalue weighted by atomic mass is 15.0. The Labute approximate surface area is 566 Å². The molecule has 0 fully saturated rings. The van der Waals surface area contributed by atoms with Crippen molar-refractivity contribution in [2.45, 2.75) is 0 Å². The second-order valence-corrected chi connectivity index (χ2v) is 24.4. The van der Waals surface area contributed by atoms with E-state index in [2.05, 4.69) is 226 Å². The van der Waals surface area contributed by atoms with Crippen molar-refractivity contribution < 1.29 is 0 Å². The first-order chi connectivity index (χ1) is 48.4. The van der Waals surface area contributed by atoms with Gasteiger partial charge in [0.1, 0.15) is 0 Å². The first kappa shape index (κ1) is 58.0. The minimum atomic E-state index is 0.423. The molecule has 17 rings (SSSR count). The van der Waals surface area contributed by atoms with Gasteiger partial charge >= 0.3 is 0 Å². The number of rotatable bonds is 12. The lowest BCUT2D eigenvalue weighted by molar-refractivity contribution is 1.07. The second-order valence-electron chi connectivity index (χ2n) is 24.4. The van der Waals surface area contributed by atoms with Crippen LogP contribution in [0.4, 0.5) is 5.69 Å². The molecule has 0 spiro atoms. The van der Waals surface area contributed by atoms with Crippen LogP contribution in [0.2, 0.25) is 0 Å². The Morgan fingerprint density at radius 3 is 0.959 bits per heavy atom. The molecule has 0 saturated heterocycles. The fourth-order valence-corrected chi connectivity index (χ4v) is 14.0. The van der Waals surface area contributed by atoms with Gasteiger partial charge < -0.3 is 9.13 Å². The average Bonchev–Trinajstić information content (AvgIpc) is 1.47. The fraction of sp³-hybridized carbons (Fsp3) is 0. The topological polar surface area (TPSA) is 100 Å². The molecule has 0 bridgehead atoms. The first-order valence-corrected chi connectivity index (χ1v) is 32.5. The molecule has 0 aliphatic rings. The summed E-state index contributed by atoms with van der Waals surface area (Å²) in [5.74, 6) is 1.28. The van der Waals surface area contributed by atoms with Crippen LogP contribution < -0.4 is 0 Å². The Hall–Kier alpha value is -13.8. The van der Waals surface area contributed by atoms with Crippen LogP contribution in [0.25, 0.3) is 172 Å². The monoisotopic (exact) mass is 1250 g/mol. The largest absolute Gasteiger partial charge is 0.309 e. The molecule has 0 saturated carbocycles. The Morgan fingerprint density at radius 2 is 0.561 bits per heavy atom. The number of para-hydroxylation sites is 1. The fourth-order valence-electron chi connectivity index (χ4n) is 14.0. The average molecular weight is 1250 g/mol. The van der Waals surface area contributed by atoms with Crippen LogP contribution in [-0.2, 0) is 0 Å². The van der Waals surface area contributed by atoms with Crippen LogP contribution in [0.3, 0.4) is 0 Å². The van der Waals surface area contributed by atoms with Crippen LogP contribution in [0.1, 0.15) is 11.1 Å². The zero-order valence-electron chi connectivity index (χ0n) is 52.8. The van der Waals surface area contributed by atoms with Gasteiger partial charge in [-0.05, 0) is 140 Å². The first-order valence-electron chi connectivity index (χ1n) is 32.5. The molecule has 3 heterocycles. The number of hydrogen-bond donors (Lipinski definition) is 0. The molecule has 454 valence electrons. The van der Waals surface area contributed by atoms with Crippen molar-refractivity contribution in [1.29, 1.82) is 10.5 Å². The van der Waals surface area contributed by atoms with Gasteiger partial charge in [-0.25, -0.2) is 19.8 Å². The van der Waals surface area contributed by atoms with Gasteiger partial charge in [0.25, 0.3) is 0 Å². The van der Waals surface area contributed by atoms with Gasteiger partial charge in [-0.2, -0.15) is 10.5 Å². The van der Waals surface area contributed by atoms with E-state index in [1.165, 1.54) is 0 Å². The highest BCUT2D eigenvalue weighted by molar-refractivity contribution is 6.14. The molecule has 0 unspecified atom stereocenters. The zero-order valence-corrected chi connectivity index (χ0v) is 52.8. The Morgan fingerprint density at radius 1 is 0.255 bits per heavy atom. The normalized spacial score (nSPS) is 11.2. The smallest absolute Gasteiger partial charge is 0.194 e. The van der Waals surface area contributed by atoms with E-state index in [1.54, 1.807) is 0 Å². The van der Waals surface area contributed by atoms with Crippen LogP contribution in [-0.4, -0.2) is 24.1 Å². The zero-order chi connectivity index (χ0) is 65.6. The molecular weight excluding hydrogens is 1190 g/mol. The lowest BCUT2D eigenvalue weighted by Gasteiger charge is -2.18. The van der Waals surface area contributed by atoms with Gasteiger partial charge in [0.2, 0.25) is 0 Å². The molecule has 98 heavy (non-hydrogen) atoms. The van der Waals surface area contributed by atoms with E-state index < -0.39 is 0 Å². The van der Waals surface area contributed by atoms with E-state index >= 15 is 0 Å². The maximum atomic E-state index is 10.8. The predicted octanol–water partition coefficient (Wildman–Crippen LogP) is 23.0. The van der Waals surface area contributed by atoms with E-state index in [0.717, 1.165) is 144 Å². The minimum Gasteiger partial charge on any atom is -0.309 e. The molecule has 0 radical (unpaired) electrons. The van der Waals surface area contributed by atoms with Crippen molar-refractivity contribution in [3.05, 3.63) is 350 Å². The summed E-state index contributed by atoms with van der Waals surface area (Å²) < 4.78 is 4.65. The molecule has 17 aromatic rings. The maximum Gasteiger partial charge on any atom is 0.194 e. The van der Waals surface area contributed by atoms with Gasteiger partial charge in [-0.1, -0.05) is 255 Å². The van der Waals surface area contributed by atoms with Crippen LogP contribution >= 0.6 is 0 Å². The number of nitriles is 2. The van der Waals surface area contributed by atoms with Crippen molar-refractivity contribution in [1.82, 2.24) is 24.1 Å². The molecule has 0 aliphatic carbocycles. The van der Waals surface area contributed by atoms with Crippen molar-refractivity contribution in [2.24, 2.45) is 0 Å². The third kappa shape index (κ3) is 10.3. The number of aromatic nitrogens is 5. The van der Waals surface area contributed by atoms with Gasteiger partial charge in [-0.15, -0.1) is 0 Å². The maximum absolute atomic E-state index is 10.8. The highest BCUT2D eigenvalue weighted by Crippen LogP contribution is 2.45. The summed E-state index contributed by atoms with van der Waals surface area (Å²) >= 11 is 0. The summed E-state index contributed by atoms with van der Waals surface area (Å²) in [6, 6.07) is 117. The molecule has 0 atom stereocenters. The molecule has 3 aromatic heterocycles. The van der Waals surface area contributed by atoms with E-state index in [-0.39, 0.29) is 0 Å². The van der Waals surface area contributed by atoms with Crippen LogP contribution in [0.15, 0.2) is 328 Å². The van der Waals surface area contributed by atoms with Gasteiger partial charge in [-0.3, -0.25) is 0 Å². The SMILES string of the molecule is [C-]#[N+]c1ccccc1-c1ccc(-c2nc(-c3ccc(-c4ccccc4C#N)cc3)nc(-c3ccc(-c4ccccc4C#N)c(-n4c5ccc(-c6ccccc6)cc5c5cc(-c6ccccc6)ccc54)c3)n2)cc1-n1c2ccc(-c3ccccc3)cc2c2cc(-c3ccccc3)ccc21. The highest BCUT2D eigenvalue weighted by Gasteiger charge is 2.25. The molecule has 8 heteroatoms. The molecule has 0 amide bonds. The standard InChI is InChI=1S/C90H54N8/c1-93-81-33-19-18-32-74(81)76-45-39-69(55-87(76)98-84-48-42-66(60-24-10-4-11-25-60)52-79(84)80-53-67(43-49-85(80)98)61-26-12-5-13-27-61)90-95-88(63-36-34-62(35-37-63)72-30-16-14-28-70(72)56-91)94-89(96-90)68-38-44-75(73-31-17-15-29-71(73)57-92)86(54-68)97-82-46-40-64(58-20-6-2-7-21-58)50-77(82)78-51-65(41-47-83(78)97)59-22-8-3-9-23-59/h2-55H. The van der Waals surface area contributed by atoms with Crippen molar-refractivity contribution in [3.8, 4) is 136 Å². The van der Waals surface area contributed by atoms with Crippen molar-refractivity contribution >= 4 is 49.3 Å². The summed E-state index contributed by atoms with van der Waals surface area (Å²) in [5, 5.41) is 25.3. The third-order valence-electron chi connectivity index (χ3n) is 18.7. The molecule has 0 N–H and O–H groups in total. The minimum absolute atomic E-state index is 0.423. The van der Waals surface area contributed by atoms with Gasteiger partial charge in [0.15, 0.2) is 23.2 Å². The summed E-state index contributed by atoms with van der Waals surface area (Å²) in [6.45, 7) is 8.49. The van der Waals surface area contributed by atoms with E-state index in [1.807, 2.05) is 127 Å². The van der Waals surface area contributed by atoms with E-state index in [4.69, 9.17) is 21.5 Å². The molecule has 8 nitrogen and oxygen atoms in total. The van der Waals surface area contributed by atoms with Gasteiger partial charge in [0.05, 0.1) is 63.3 Å². The second kappa shape index (κ2) is 24.6. The Bertz CT molecular complexity index is 5610. The Kier molecular flexibility index (Phi) is 14.5. The molecule has 0 aliphatic heterocycles. The van der Waals surface area contributed by atoms with Crippen LogP contribution in [0, 0.1) is 29.2 Å². The third-order valence-corrected chi connectivity index (χ3v) is 18.7. The number of benzene rings is 14. The summed E-state index contributed by atoms with van der Waals surface area (Å²) in [7, 11) is 0. The lowest BCUT2D eigenvalue weighted by atomic mass is 9.96. The van der Waals surface area contributed by atoms with E-state index in [0.29, 0.717) is 39.9 Å². The van der Waals surface area contributed by atoms with Crippen molar-refractivity contribution in [3.63, 3.8) is 0 Å². The quantitative estimate of drug-likeness (QED) is 0.113. The number of fused-ring (bicyclic) bond motifs is 6. The van der Waals surface area contributed by atoms with Crippen LogP contribution in [0.5, 0.6) is 0 Å². The lowest BCUT2D eigenvalue weighted by Crippen LogP contribution is -2.04. The van der Waals surface area contributed by atoms with Crippen molar-refractivity contribution in [2.75, 3.05) is 0 Å².